The summed E-state index contributed by atoms with van der Waals surface area (Å²) in [6, 6.07) is 8.49. The third-order valence-electron chi connectivity index (χ3n) is 4.19. The zero-order chi connectivity index (χ0) is 19.9. The lowest BCUT2D eigenvalue weighted by Crippen LogP contribution is -2.51. The number of nitrogens with one attached hydrogen (secondary N) is 1. The van der Waals surface area contributed by atoms with Gasteiger partial charge >= 0.3 is 5.97 Å². The molecular formula is C20H24N2O5. The monoisotopic (exact) mass is 372 g/mol. The number of hydrogen-bond acceptors (Lipinski definition) is 5. The van der Waals surface area contributed by atoms with Crippen LogP contribution in [0.3, 0.4) is 0 Å². The van der Waals surface area contributed by atoms with Crippen LogP contribution < -0.4 is 14.8 Å². The molecule has 0 saturated carbocycles. The van der Waals surface area contributed by atoms with Gasteiger partial charge in [0, 0.05) is 23.5 Å². The predicted octanol–water partition coefficient (Wildman–Crippen LogP) is 3.04. The Morgan fingerprint density at radius 1 is 1.19 bits per heavy atom. The minimum Gasteiger partial charge on any atom is -0.490 e. The van der Waals surface area contributed by atoms with Crippen molar-refractivity contribution in [1.29, 1.82) is 0 Å². The molecule has 27 heavy (non-hydrogen) atoms. The molecule has 2 aromatic rings. The van der Waals surface area contributed by atoms with Crippen molar-refractivity contribution in [2.45, 2.75) is 39.3 Å². The molecule has 7 heteroatoms. The number of carbonyl (C=O) groups is 2. The van der Waals surface area contributed by atoms with Crippen molar-refractivity contribution in [3.8, 4) is 11.5 Å². The lowest BCUT2D eigenvalue weighted by molar-refractivity contribution is -0.143. The van der Waals surface area contributed by atoms with E-state index < -0.39 is 17.4 Å². The van der Waals surface area contributed by atoms with Gasteiger partial charge in [-0.25, -0.2) is 4.79 Å². The van der Waals surface area contributed by atoms with Crippen molar-refractivity contribution in [2.24, 2.45) is 0 Å². The molecule has 1 aromatic carbocycles. The second-order valence-electron chi connectivity index (χ2n) is 6.19. The molecule has 0 fully saturated rings. The number of benzene rings is 1. The van der Waals surface area contributed by atoms with E-state index in [-0.39, 0.29) is 6.42 Å². The van der Waals surface area contributed by atoms with Gasteiger partial charge in [0.05, 0.1) is 6.61 Å². The van der Waals surface area contributed by atoms with Crippen LogP contribution in [-0.2, 0) is 11.4 Å². The summed E-state index contributed by atoms with van der Waals surface area (Å²) >= 11 is 0. The van der Waals surface area contributed by atoms with E-state index in [4.69, 9.17) is 9.47 Å². The highest BCUT2D eigenvalue weighted by Gasteiger charge is 2.33. The lowest BCUT2D eigenvalue weighted by Gasteiger charge is -2.24. The second kappa shape index (κ2) is 9.02. The second-order valence-corrected chi connectivity index (χ2v) is 6.19. The van der Waals surface area contributed by atoms with E-state index in [9.17, 15) is 14.7 Å². The molecule has 2 rings (SSSR count). The van der Waals surface area contributed by atoms with Gasteiger partial charge in [-0.3, -0.25) is 9.78 Å². The highest BCUT2D eigenvalue weighted by Crippen LogP contribution is 2.29. The topological polar surface area (TPSA) is 97.8 Å². The van der Waals surface area contributed by atoms with Crippen LogP contribution in [0.25, 0.3) is 0 Å². The highest BCUT2D eigenvalue weighted by molar-refractivity contribution is 5.98. The van der Waals surface area contributed by atoms with Crippen molar-refractivity contribution in [3.05, 3.63) is 53.9 Å². The number of nitrogens with zero attached hydrogens (tertiary/aromatic N) is 1. The normalized spacial score (nSPS) is 12.7. The van der Waals surface area contributed by atoms with Crippen LogP contribution in [0.15, 0.2) is 42.7 Å². The molecule has 7 nitrogen and oxygen atoms in total. The minimum absolute atomic E-state index is 0.263. The fraction of sp³-hybridized carbons (Fsp3) is 0.350. The van der Waals surface area contributed by atoms with Gasteiger partial charge in [0.2, 0.25) is 0 Å². The van der Waals surface area contributed by atoms with Crippen molar-refractivity contribution in [3.63, 3.8) is 0 Å². The van der Waals surface area contributed by atoms with Crippen LogP contribution in [0.1, 0.15) is 43.1 Å². The van der Waals surface area contributed by atoms with Crippen molar-refractivity contribution in [1.82, 2.24) is 10.3 Å². The van der Waals surface area contributed by atoms with E-state index in [2.05, 4.69) is 10.3 Å². The average molecular weight is 372 g/mol. The van der Waals surface area contributed by atoms with Gasteiger partial charge in [-0.1, -0.05) is 13.0 Å². The summed E-state index contributed by atoms with van der Waals surface area (Å²) in [6.45, 7) is 5.72. The maximum Gasteiger partial charge on any atom is 0.329 e. The smallest absolute Gasteiger partial charge is 0.329 e. The van der Waals surface area contributed by atoms with E-state index >= 15 is 0 Å². The van der Waals surface area contributed by atoms with E-state index in [1.54, 1.807) is 37.5 Å². The van der Waals surface area contributed by atoms with Crippen molar-refractivity contribution < 1.29 is 24.2 Å². The van der Waals surface area contributed by atoms with Crippen LogP contribution >= 0.6 is 0 Å². The summed E-state index contributed by atoms with van der Waals surface area (Å²) in [5.74, 6) is -0.655. The Morgan fingerprint density at radius 2 is 1.96 bits per heavy atom. The van der Waals surface area contributed by atoms with Crippen LogP contribution in [-0.4, -0.2) is 34.1 Å². The maximum absolute atomic E-state index is 12.5. The van der Waals surface area contributed by atoms with Crippen molar-refractivity contribution in [2.75, 3.05) is 6.61 Å². The van der Waals surface area contributed by atoms with Crippen LogP contribution in [0, 0.1) is 0 Å². The van der Waals surface area contributed by atoms with Crippen LogP contribution in [0.2, 0.25) is 0 Å². The molecule has 1 atom stereocenters. The number of amides is 1. The molecule has 0 bridgehead atoms. The molecule has 0 saturated heterocycles. The number of aromatic nitrogens is 1. The zero-order valence-corrected chi connectivity index (χ0v) is 15.7. The molecule has 0 aliphatic carbocycles. The summed E-state index contributed by atoms with van der Waals surface area (Å²) in [6.07, 6.45) is 3.65. The Hall–Kier alpha value is -3.09. The number of carbonyl (C=O) groups excluding carboxylic acids is 1. The summed E-state index contributed by atoms with van der Waals surface area (Å²) in [5, 5.41) is 11.9. The fourth-order valence-corrected chi connectivity index (χ4v) is 2.30. The first-order valence-corrected chi connectivity index (χ1v) is 8.74. The van der Waals surface area contributed by atoms with Gasteiger partial charge in [-0.2, -0.15) is 0 Å². The van der Waals surface area contributed by atoms with E-state index in [1.807, 2.05) is 19.1 Å². The number of carboxylic acids is 1. The Kier molecular flexibility index (Phi) is 6.76. The summed E-state index contributed by atoms with van der Waals surface area (Å²) < 4.78 is 11.4. The van der Waals surface area contributed by atoms with E-state index in [1.165, 1.54) is 6.92 Å². The predicted molar refractivity (Wildman–Crippen MR) is 100.0 cm³/mol. The van der Waals surface area contributed by atoms with Gasteiger partial charge in [-0.05, 0) is 44.5 Å². The van der Waals surface area contributed by atoms with Gasteiger partial charge in [0.25, 0.3) is 5.91 Å². The third kappa shape index (κ3) is 5.20. The van der Waals surface area contributed by atoms with E-state index in [0.29, 0.717) is 30.3 Å². The Bertz CT molecular complexity index is 794. The van der Waals surface area contributed by atoms with Crippen molar-refractivity contribution >= 4 is 11.9 Å². The molecule has 0 aliphatic heterocycles. The molecule has 1 unspecified atom stereocenters. The molecule has 0 spiro atoms. The molecule has 144 valence electrons. The summed E-state index contributed by atoms with van der Waals surface area (Å²) in [4.78, 5) is 27.9. The zero-order valence-electron chi connectivity index (χ0n) is 15.7. The summed E-state index contributed by atoms with van der Waals surface area (Å²) in [5.41, 5.74) is -0.131. The SMILES string of the molecule is CCOc1cc(C(=O)NC(C)(CC)C(=O)O)ccc1OCc1cccnc1. The molecular weight excluding hydrogens is 348 g/mol. The Morgan fingerprint density at radius 3 is 2.56 bits per heavy atom. The van der Waals surface area contributed by atoms with Gasteiger partial charge in [0.1, 0.15) is 12.1 Å². The minimum atomic E-state index is -1.33. The van der Waals surface area contributed by atoms with E-state index in [0.717, 1.165) is 5.56 Å². The quantitative estimate of drug-likeness (QED) is 0.702. The number of hydrogen-bond donors (Lipinski definition) is 2. The lowest BCUT2D eigenvalue weighted by atomic mass is 9.98. The molecule has 0 radical (unpaired) electrons. The fourth-order valence-electron chi connectivity index (χ4n) is 2.30. The Balaban J connectivity index is 2.18. The number of ether oxygens (including phenoxy) is 2. The number of aliphatic carboxylic acids is 1. The molecule has 2 N–H and O–H groups in total. The Labute approximate surface area is 158 Å². The van der Waals surface area contributed by atoms with Gasteiger partial charge in [0.15, 0.2) is 11.5 Å². The molecule has 1 heterocycles. The molecule has 0 aliphatic rings. The number of carboxylic acid groups (broad SMARTS) is 1. The number of rotatable bonds is 9. The number of pyridine rings is 1. The van der Waals surface area contributed by atoms with Gasteiger partial charge < -0.3 is 19.9 Å². The largest absolute Gasteiger partial charge is 0.490 e. The molecule has 1 aromatic heterocycles. The average Bonchev–Trinajstić information content (AvgIpc) is 2.67. The highest BCUT2D eigenvalue weighted by atomic mass is 16.5. The summed E-state index contributed by atoms with van der Waals surface area (Å²) in [7, 11) is 0. The maximum atomic E-state index is 12.5. The third-order valence-corrected chi connectivity index (χ3v) is 4.19. The first kappa shape index (κ1) is 20.2. The first-order chi connectivity index (χ1) is 12.9. The first-order valence-electron chi connectivity index (χ1n) is 8.74. The molecule has 1 amide bonds. The standard InChI is InChI=1S/C20H24N2O5/c1-4-20(3,19(24)25)22-18(23)15-8-9-16(17(11-15)26-5-2)27-13-14-7-6-10-21-12-14/h6-12H,4-5,13H2,1-3H3,(H,22,23)(H,24,25). The van der Waals surface area contributed by atoms with Crippen LogP contribution in [0.5, 0.6) is 11.5 Å². The van der Waals surface area contributed by atoms with Gasteiger partial charge in [-0.15, -0.1) is 0 Å². The van der Waals surface area contributed by atoms with Crippen LogP contribution in [0.4, 0.5) is 0 Å².